The summed E-state index contributed by atoms with van der Waals surface area (Å²) in [6.07, 6.45) is 2.23. The molecule has 24 heavy (non-hydrogen) atoms. The van der Waals surface area contributed by atoms with Gasteiger partial charge in [-0.15, -0.1) is 0 Å². The first-order valence-corrected chi connectivity index (χ1v) is 7.85. The third-order valence-corrected chi connectivity index (χ3v) is 3.66. The Kier molecular flexibility index (Phi) is 5.78. The van der Waals surface area contributed by atoms with E-state index in [0.717, 1.165) is 17.4 Å². The molecular weight excluding hydrogens is 316 g/mol. The molecule has 1 aliphatic carbocycles. The number of anilines is 1. The molecule has 9 heteroatoms. The van der Waals surface area contributed by atoms with Crippen molar-refractivity contribution in [3.05, 3.63) is 26.9 Å². The highest BCUT2D eigenvalue weighted by Gasteiger charge is 2.25. The van der Waals surface area contributed by atoms with Gasteiger partial charge in [-0.1, -0.05) is 0 Å². The molecule has 1 heterocycles. The van der Waals surface area contributed by atoms with Gasteiger partial charge in [0.15, 0.2) is 0 Å². The van der Waals surface area contributed by atoms with Gasteiger partial charge < -0.3 is 15.4 Å². The van der Waals surface area contributed by atoms with Crippen LogP contribution in [-0.4, -0.2) is 40.2 Å². The number of nitrogens with zero attached hydrogens (tertiary/aromatic N) is 2. The summed E-state index contributed by atoms with van der Waals surface area (Å²) in [6, 6.07) is 1.30. The molecule has 1 amide bonds. The minimum absolute atomic E-state index is 0.0719. The van der Waals surface area contributed by atoms with Crippen LogP contribution < -0.4 is 21.9 Å². The summed E-state index contributed by atoms with van der Waals surface area (Å²) in [7, 11) is 2.94. The van der Waals surface area contributed by atoms with Gasteiger partial charge in [0.2, 0.25) is 5.91 Å². The number of aromatic nitrogens is 2. The molecule has 1 aromatic rings. The van der Waals surface area contributed by atoms with Gasteiger partial charge in [0.25, 0.3) is 5.56 Å². The van der Waals surface area contributed by atoms with E-state index in [1.54, 1.807) is 0 Å². The molecule has 0 aromatic carbocycles. The van der Waals surface area contributed by atoms with Gasteiger partial charge in [0.1, 0.15) is 11.9 Å². The number of hydrogen-bond donors (Lipinski definition) is 2. The Morgan fingerprint density at radius 2 is 1.88 bits per heavy atom. The molecule has 1 saturated carbocycles. The van der Waals surface area contributed by atoms with E-state index >= 15 is 0 Å². The number of amides is 1. The Bertz CT molecular complexity index is 732. The quantitative estimate of drug-likeness (QED) is 0.594. The molecule has 2 N–H and O–H groups in total. The fourth-order valence-corrected chi connectivity index (χ4v) is 2.03. The molecule has 0 radical (unpaired) electrons. The monoisotopic (exact) mass is 338 g/mol. The fraction of sp³-hybridized carbons (Fsp3) is 0.600. The molecule has 1 aromatic heterocycles. The fourth-order valence-electron chi connectivity index (χ4n) is 2.03. The van der Waals surface area contributed by atoms with E-state index in [1.807, 2.05) is 0 Å². The summed E-state index contributed by atoms with van der Waals surface area (Å²) in [5, 5.41) is 5.51. The van der Waals surface area contributed by atoms with Crippen LogP contribution in [-0.2, 0) is 28.4 Å². The number of hydrogen-bond acceptors (Lipinski definition) is 6. The van der Waals surface area contributed by atoms with Crippen molar-refractivity contribution in [3.8, 4) is 0 Å². The van der Waals surface area contributed by atoms with Crippen molar-refractivity contribution in [1.82, 2.24) is 14.5 Å². The molecule has 132 valence electrons. The predicted molar refractivity (Wildman–Crippen MR) is 86.8 cm³/mol. The highest BCUT2D eigenvalue weighted by molar-refractivity contribution is 5.77. The third kappa shape index (κ3) is 4.97. The van der Waals surface area contributed by atoms with Crippen LogP contribution >= 0.6 is 0 Å². The molecule has 0 aliphatic heterocycles. The standard InChI is InChI=1S/C15H22N4O5/c1-18-11(9-13(21)19(2)15(18)23)16-7-5-12(20)17-8-6-14(22)24-10-3-4-10/h9-10,16H,3-8H2,1-2H3,(H,17,20). The van der Waals surface area contributed by atoms with Crippen LogP contribution in [0.3, 0.4) is 0 Å². The Labute approximate surface area is 138 Å². The smallest absolute Gasteiger partial charge is 0.332 e. The van der Waals surface area contributed by atoms with Crippen molar-refractivity contribution >= 4 is 17.7 Å². The lowest BCUT2D eigenvalue weighted by Gasteiger charge is -2.11. The zero-order valence-electron chi connectivity index (χ0n) is 13.8. The first kappa shape index (κ1) is 17.8. The van der Waals surface area contributed by atoms with E-state index in [1.165, 1.54) is 24.7 Å². The Balaban J connectivity index is 1.70. The maximum atomic E-state index is 11.8. The molecule has 0 bridgehead atoms. The van der Waals surface area contributed by atoms with Crippen LogP contribution in [0.5, 0.6) is 0 Å². The summed E-state index contributed by atoms with van der Waals surface area (Å²) in [5.41, 5.74) is -0.858. The van der Waals surface area contributed by atoms with E-state index in [2.05, 4.69) is 10.6 Å². The summed E-state index contributed by atoms with van der Waals surface area (Å²) in [5.74, 6) is -0.175. The first-order valence-electron chi connectivity index (χ1n) is 7.85. The van der Waals surface area contributed by atoms with Crippen LogP contribution in [0.1, 0.15) is 25.7 Å². The maximum Gasteiger partial charge on any atom is 0.332 e. The van der Waals surface area contributed by atoms with Gasteiger partial charge in [-0.05, 0) is 12.8 Å². The van der Waals surface area contributed by atoms with Crippen molar-refractivity contribution in [1.29, 1.82) is 0 Å². The van der Waals surface area contributed by atoms with Crippen molar-refractivity contribution in [3.63, 3.8) is 0 Å². The van der Waals surface area contributed by atoms with Gasteiger partial charge >= 0.3 is 11.7 Å². The van der Waals surface area contributed by atoms with Crippen LogP contribution in [0.15, 0.2) is 15.7 Å². The van der Waals surface area contributed by atoms with Crippen LogP contribution in [0.4, 0.5) is 5.82 Å². The van der Waals surface area contributed by atoms with Gasteiger partial charge in [-0.2, -0.15) is 0 Å². The second-order valence-corrected chi connectivity index (χ2v) is 5.73. The number of nitrogens with one attached hydrogen (secondary N) is 2. The zero-order valence-corrected chi connectivity index (χ0v) is 13.8. The average molecular weight is 338 g/mol. The first-order chi connectivity index (χ1) is 11.4. The largest absolute Gasteiger partial charge is 0.462 e. The van der Waals surface area contributed by atoms with Crippen LogP contribution in [0, 0.1) is 0 Å². The highest BCUT2D eigenvalue weighted by atomic mass is 16.5. The number of rotatable bonds is 8. The molecule has 0 spiro atoms. The molecule has 1 fully saturated rings. The number of esters is 1. The van der Waals surface area contributed by atoms with Gasteiger partial charge in [-0.3, -0.25) is 23.5 Å². The normalized spacial score (nSPS) is 13.4. The number of ether oxygens (including phenoxy) is 1. The lowest BCUT2D eigenvalue weighted by Crippen LogP contribution is -2.37. The Morgan fingerprint density at radius 1 is 1.17 bits per heavy atom. The number of carbonyl (C=O) groups is 2. The molecule has 0 unspecified atom stereocenters. The molecule has 0 saturated heterocycles. The number of carbonyl (C=O) groups excluding carboxylic acids is 2. The van der Waals surface area contributed by atoms with Crippen molar-refractivity contribution in [2.45, 2.75) is 31.8 Å². The minimum atomic E-state index is -0.441. The Hall–Kier alpha value is -2.58. The van der Waals surface area contributed by atoms with Crippen molar-refractivity contribution in [2.75, 3.05) is 18.4 Å². The summed E-state index contributed by atoms with van der Waals surface area (Å²) >= 11 is 0. The zero-order chi connectivity index (χ0) is 17.7. The molecular formula is C15H22N4O5. The van der Waals surface area contributed by atoms with Crippen molar-refractivity contribution < 1.29 is 14.3 Å². The van der Waals surface area contributed by atoms with Gasteiger partial charge in [0, 0.05) is 39.7 Å². The topological polar surface area (TPSA) is 111 Å². The van der Waals surface area contributed by atoms with E-state index in [9.17, 15) is 19.2 Å². The summed E-state index contributed by atoms with van der Waals surface area (Å²) in [4.78, 5) is 46.4. The predicted octanol–water partition coefficient (Wildman–Crippen LogP) is -0.902. The SMILES string of the molecule is Cn1c(NCCC(=O)NCCC(=O)OC2CC2)cc(=O)n(C)c1=O. The van der Waals surface area contributed by atoms with E-state index in [0.29, 0.717) is 5.82 Å². The maximum absolute atomic E-state index is 11.8. The second-order valence-electron chi connectivity index (χ2n) is 5.73. The van der Waals surface area contributed by atoms with Gasteiger partial charge in [-0.25, -0.2) is 4.79 Å². The second kappa shape index (κ2) is 7.80. The lowest BCUT2D eigenvalue weighted by molar-refractivity contribution is -0.144. The summed E-state index contributed by atoms with van der Waals surface area (Å²) < 4.78 is 7.36. The van der Waals surface area contributed by atoms with Gasteiger partial charge in [0.05, 0.1) is 6.42 Å². The van der Waals surface area contributed by atoms with E-state index < -0.39 is 11.2 Å². The van der Waals surface area contributed by atoms with Crippen LogP contribution in [0.2, 0.25) is 0 Å². The molecule has 0 atom stereocenters. The molecule has 1 aliphatic rings. The van der Waals surface area contributed by atoms with E-state index in [-0.39, 0.29) is 43.9 Å². The molecule has 9 nitrogen and oxygen atoms in total. The van der Waals surface area contributed by atoms with Crippen LogP contribution in [0.25, 0.3) is 0 Å². The van der Waals surface area contributed by atoms with E-state index in [4.69, 9.17) is 4.74 Å². The lowest BCUT2D eigenvalue weighted by atomic mass is 10.3. The van der Waals surface area contributed by atoms with Crippen molar-refractivity contribution in [2.24, 2.45) is 14.1 Å². The summed E-state index contributed by atoms with van der Waals surface area (Å²) in [6.45, 7) is 0.494. The minimum Gasteiger partial charge on any atom is -0.462 e. The molecule has 2 rings (SSSR count). The highest BCUT2D eigenvalue weighted by Crippen LogP contribution is 2.23. The third-order valence-electron chi connectivity index (χ3n) is 3.66. The Morgan fingerprint density at radius 3 is 2.54 bits per heavy atom. The average Bonchev–Trinajstić information content (AvgIpc) is 3.34.